The summed E-state index contributed by atoms with van der Waals surface area (Å²) in [6.07, 6.45) is 1.35. The fourth-order valence-corrected chi connectivity index (χ4v) is 1.77. The minimum atomic E-state index is -0.852. The lowest BCUT2D eigenvalue weighted by atomic mass is 10.2. The van der Waals surface area contributed by atoms with Crippen molar-refractivity contribution >= 4 is 18.0 Å². The van der Waals surface area contributed by atoms with Crippen LogP contribution in [0.3, 0.4) is 0 Å². The van der Waals surface area contributed by atoms with Gasteiger partial charge < -0.3 is 19.5 Å². The van der Waals surface area contributed by atoms with Gasteiger partial charge in [-0.15, -0.1) is 0 Å². The molecule has 0 heterocycles. The lowest BCUT2D eigenvalue weighted by Gasteiger charge is -2.13. The number of ether oxygens (including phenoxy) is 3. The summed E-state index contributed by atoms with van der Waals surface area (Å²) in [5.41, 5.74) is 2.70. The van der Waals surface area contributed by atoms with Gasteiger partial charge in [-0.1, -0.05) is 0 Å². The summed E-state index contributed by atoms with van der Waals surface area (Å²) in [6, 6.07) is 3.23. The number of rotatable bonds is 6. The van der Waals surface area contributed by atoms with E-state index in [0.717, 1.165) is 0 Å². The SMILES string of the molecule is COc1ccc(/C=N\NC(=O)C(=O)NC(C)C)c(OC)c1OC. The van der Waals surface area contributed by atoms with Crippen molar-refractivity contribution in [3.63, 3.8) is 0 Å². The smallest absolute Gasteiger partial charge is 0.329 e. The molecule has 8 nitrogen and oxygen atoms in total. The Bertz CT molecular complexity index is 599. The first-order valence-corrected chi connectivity index (χ1v) is 6.87. The third kappa shape index (κ3) is 4.87. The van der Waals surface area contributed by atoms with E-state index in [4.69, 9.17) is 14.2 Å². The highest BCUT2D eigenvalue weighted by molar-refractivity contribution is 6.35. The maximum Gasteiger partial charge on any atom is 0.329 e. The highest BCUT2D eigenvalue weighted by atomic mass is 16.5. The van der Waals surface area contributed by atoms with Gasteiger partial charge in [-0.3, -0.25) is 9.59 Å². The van der Waals surface area contributed by atoms with Crippen molar-refractivity contribution in [2.45, 2.75) is 19.9 Å². The Morgan fingerprint density at radius 3 is 2.22 bits per heavy atom. The van der Waals surface area contributed by atoms with Gasteiger partial charge in [0.15, 0.2) is 11.5 Å². The standard InChI is InChI=1S/C15H21N3O5/c1-9(2)17-14(19)15(20)18-16-8-10-6-7-11(21-3)13(23-5)12(10)22-4/h6-9H,1-5H3,(H,17,19)(H,18,20)/b16-8-. The number of carbonyl (C=O) groups excluding carboxylic acids is 2. The van der Waals surface area contributed by atoms with Gasteiger partial charge in [-0.25, -0.2) is 5.43 Å². The fraction of sp³-hybridized carbons (Fsp3) is 0.400. The Labute approximate surface area is 134 Å². The molecular formula is C15H21N3O5. The molecule has 1 aromatic rings. The average Bonchev–Trinajstić information content (AvgIpc) is 2.53. The third-order valence-corrected chi connectivity index (χ3v) is 2.73. The second-order valence-electron chi connectivity index (χ2n) is 4.75. The van der Waals surface area contributed by atoms with Gasteiger partial charge >= 0.3 is 11.8 Å². The van der Waals surface area contributed by atoms with Gasteiger partial charge in [0, 0.05) is 11.6 Å². The van der Waals surface area contributed by atoms with Crippen LogP contribution in [0.25, 0.3) is 0 Å². The van der Waals surface area contributed by atoms with Crippen molar-refractivity contribution in [3.05, 3.63) is 17.7 Å². The Hall–Kier alpha value is -2.77. The van der Waals surface area contributed by atoms with Crippen LogP contribution in [0.4, 0.5) is 0 Å². The van der Waals surface area contributed by atoms with Crippen LogP contribution >= 0.6 is 0 Å². The van der Waals surface area contributed by atoms with Crippen molar-refractivity contribution in [2.75, 3.05) is 21.3 Å². The van der Waals surface area contributed by atoms with Crippen LogP contribution in [0, 0.1) is 0 Å². The van der Waals surface area contributed by atoms with Crippen LogP contribution in [0.5, 0.6) is 17.2 Å². The van der Waals surface area contributed by atoms with Gasteiger partial charge in [0.1, 0.15) is 0 Å². The van der Waals surface area contributed by atoms with Crippen molar-refractivity contribution in [2.24, 2.45) is 5.10 Å². The van der Waals surface area contributed by atoms with Crippen LogP contribution in [-0.4, -0.2) is 45.4 Å². The van der Waals surface area contributed by atoms with Gasteiger partial charge in [-0.2, -0.15) is 5.10 Å². The molecule has 8 heteroatoms. The molecule has 0 fully saturated rings. The summed E-state index contributed by atoms with van der Waals surface area (Å²) >= 11 is 0. The van der Waals surface area contributed by atoms with Gasteiger partial charge in [0.25, 0.3) is 0 Å². The third-order valence-electron chi connectivity index (χ3n) is 2.73. The molecule has 0 radical (unpaired) electrons. The highest BCUT2D eigenvalue weighted by Crippen LogP contribution is 2.38. The Morgan fingerprint density at radius 1 is 1.04 bits per heavy atom. The highest BCUT2D eigenvalue weighted by Gasteiger charge is 2.15. The molecule has 0 aliphatic rings. The van der Waals surface area contributed by atoms with Gasteiger partial charge in [-0.05, 0) is 26.0 Å². The van der Waals surface area contributed by atoms with E-state index in [2.05, 4.69) is 15.8 Å². The zero-order valence-corrected chi connectivity index (χ0v) is 13.8. The minimum Gasteiger partial charge on any atom is -0.493 e. The molecule has 0 saturated carbocycles. The van der Waals surface area contributed by atoms with E-state index >= 15 is 0 Å². The quantitative estimate of drug-likeness (QED) is 0.456. The summed E-state index contributed by atoms with van der Waals surface area (Å²) < 4.78 is 15.7. The molecule has 23 heavy (non-hydrogen) atoms. The monoisotopic (exact) mass is 323 g/mol. The molecule has 0 spiro atoms. The Balaban J connectivity index is 2.88. The molecule has 2 N–H and O–H groups in total. The summed E-state index contributed by atoms with van der Waals surface area (Å²) in [5, 5.41) is 6.21. The van der Waals surface area contributed by atoms with Crippen LogP contribution in [0.15, 0.2) is 17.2 Å². The molecule has 1 rings (SSSR count). The van der Waals surface area contributed by atoms with E-state index < -0.39 is 11.8 Å². The molecule has 0 aliphatic carbocycles. The molecule has 0 atom stereocenters. The van der Waals surface area contributed by atoms with Gasteiger partial charge in [0.2, 0.25) is 5.75 Å². The topological polar surface area (TPSA) is 98.2 Å². The van der Waals surface area contributed by atoms with E-state index in [1.54, 1.807) is 26.0 Å². The number of nitrogens with zero attached hydrogens (tertiary/aromatic N) is 1. The molecule has 0 saturated heterocycles. The second-order valence-corrected chi connectivity index (χ2v) is 4.75. The lowest BCUT2D eigenvalue weighted by Crippen LogP contribution is -2.41. The molecule has 2 amide bonds. The maximum absolute atomic E-state index is 11.5. The number of benzene rings is 1. The summed E-state index contributed by atoms with van der Waals surface area (Å²) in [5.74, 6) is -0.299. The van der Waals surface area contributed by atoms with Crippen LogP contribution in [0.2, 0.25) is 0 Å². The molecule has 1 aromatic carbocycles. The van der Waals surface area contributed by atoms with Crippen LogP contribution < -0.4 is 25.0 Å². The van der Waals surface area contributed by atoms with E-state index in [1.165, 1.54) is 27.5 Å². The van der Waals surface area contributed by atoms with Crippen molar-refractivity contribution in [3.8, 4) is 17.2 Å². The molecule has 0 bridgehead atoms. The number of hydrogen-bond donors (Lipinski definition) is 2. The van der Waals surface area contributed by atoms with Crippen LogP contribution in [0.1, 0.15) is 19.4 Å². The van der Waals surface area contributed by atoms with Gasteiger partial charge in [0.05, 0.1) is 27.5 Å². The molecule has 0 aliphatic heterocycles. The summed E-state index contributed by atoms with van der Waals surface area (Å²) in [6.45, 7) is 3.51. The minimum absolute atomic E-state index is 0.136. The number of nitrogens with one attached hydrogen (secondary N) is 2. The predicted molar refractivity (Wildman–Crippen MR) is 85.1 cm³/mol. The molecule has 0 unspecified atom stereocenters. The number of amides is 2. The number of hydrazone groups is 1. The molecule has 0 aromatic heterocycles. The van der Waals surface area contributed by atoms with E-state index in [1.807, 2.05) is 0 Å². The predicted octanol–water partition coefficient (Wildman–Crippen LogP) is 0.687. The molecule has 126 valence electrons. The first-order chi connectivity index (χ1) is 10.9. The van der Waals surface area contributed by atoms with Crippen LogP contribution in [-0.2, 0) is 9.59 Å². The first-order valence-electron chi connectivity index (χ1n) is 6.87. The lowest BCUT2D eigenvalue weighted by molar-refractivity contribution is -0.139. The van der Waals surface area contributed by atoms with Crippen molar-refractivity contribution in [1.29, 1.82) is 0 Å². The number of carbonyl (C=O) groups is 2. The number of hydrogen-bond acceptors (Lipinski definition) is 6. The van der Waals surface area contributed by atoms with E-state index in [0.29, 0.717) is 22.8 Å². The number of methoxy groups -OCH3 is 3. The van der Waals surface area contributed by atoms with E-state index in [-0.39, 0.29) is 6.04 Å². The summed E-state index contributed by atoms with van der Waals surface area (Å²) in [7, 11) is 4.47. The van der Waals surface area contributed by atoms with Crippen molar-refractivity contribution in [1.82, 2.24) is 10.7 Å². The Morgan fingerprint density at radius 2 is 1.70 bits per heavy atom. The normalized spacial score (nSPS) is 10.5. The maximum atomic E-state index is 11.5. The zero-order chi connectivity index (χ0) is 17.4. The zero-order valence-electron chi connectivity index (χ0n) is 13.8. The van der Waals surface area contributed by atoms with Crippen molar-refractivity contribution < 1.29 is 23.8 Å². The fourth-order valence-electron chi connectivity index (χ4n) is 1.77. The molecular weight excluding hydrogens is 302 g/mol. The summed E-state index contributed by atoms with van der Waals surface area (Å²) in [4.78, 5) is 23.0. The average molecular weight is 323 g/mol. The Kier molecular flexibility index (Phi) is 6.85. The first kappa shape index (κ1) is 18.3. The largest absolute Gasteiger partial charge is 0.493 e. The van der Waals surface area contributed by atoms with E-state index in [9.17, 15) is 9.59 Å². The second kappa shape index (κ2) is 8.62.